The molecule has 3 nitrogen and oxygen atoms in total. The van der Waals surface area contributed by atoms with Gasteiger partial charge in [0.25, 0.3) is 0 Å². The van der Waals surface area contributed by atoms with E-state index in [4.69, 9.17) is 4.42 Å². The molecule has 9 aromatic rings. The van der Waals surface area contributed by atoms with Crippen molar-refractivity contribution in [1.29, 1.82) is 0 Å². The average Bonchev–Trinajstić information content (AvgIpc) is 3.85. The Kier molecular flexibility index (Phi) is 6.94. The fraction of sp³-hybridized carbons (Fsp3) is 0.115. The van der Waals surface area contributed by atoms with Crippen LogP contribution >= 0.6 is 0 Å². The van der Waals surface area contributed by atoms with Crippen LogP contribution in [0.1, 0.15) is 38.3 Å². The molecule has 0 bridgehead atoms. The lowest BCUT2D eigenvalue weighted by atomic mass is 9.82. The molecule has 0 amide bonds. The second-order valence-electron chi connectivity index (χ2n) is 15.8. The molecule has 0 fully saturated rings. The molecular formula is C52H40N2O. The topological polar surface area (TPSA) is 21.3 Å². The molecule has 0 spiro atoms. The first-order valence-electron chi connectivity index (χ1n) is 19.4. The number of furan rings is 1. The van der Waals surface area contributed by atoms with E-state index in [9.17, 15) is 0 Å². The van der Waals surface area contributed by atoms with Crippen molar-refractivity contribution in [2.45, 2.75) is 32.6 Å². The molecule has 2 aromatic heterocycles. The van der Waals surface area contributed by atoms with E-state index >= 15 is 0 Å². The number of fused-ring (bicyclic) bond motifs is 10. The monoisotopic (exact) mass is 708 g/mol. The largest absolute Gasteiger partial charge is 0.454 e. The molecule has 2 aliphatic carbocycles. The van der Waals surface area contributed by atoms with Crippen LogP contribution in [-0.2, 0) is 5.41 Å². The van der Waals surface area contributed by atoms with Gasteiger partial charge in [-0.15, -0.1) is 0 Å². The van der Waals surface area contributed by atoms with Gasteiger partial charge in [0, 0.05) is 49.9 Å². The van der Waals surface area contributed by atoms with E-state index in [1.54, 1.807) is 0 Å². The average molecular weight is 709 g/mol. The van der Waals surface area contributed by atoms with Crippen molar-refractivity contribution in [1.82, 2.24) is 4.57 Å². The predicted octanol–water partition coefficient (Wildman–Crippen LogP) is 14.6. The zero-order valence-electron chi connectivity index (χ0n) is 31.3. The van der Waals surface area contributed by atoms with E-state index < -0.39 is 0 Å². The van der Waals surface area contributed by atoms with Crippen LogP contribution in [0.25, 0.3) is 71.7 Å². The van der Waals surface area contributed by atoms with Crippen molar-refractivity contribution in [3.8, 4) is 22.3 Å². The highest BCUT2D eigenvalue weighted by atomic mass is 16.3. The van der Waals surface area contributed by atoms with Gasteiger partial charge < -0.3 is 13.9 Å². The van der Waals surface area contributed by atoms with Crippen LogP contribution in [0.4, 0.5) is 17.1 Å². The lowest BCUT2D eigenvalue weighted by Crippen LogP contribution is -2.16. The zero-order valence-corrected chi connectivity index (χ0v) is 31.3. The van der Waals surface area contributed by atoms with Crippen LogP contribution in [-0.4, -0.2) is 4.57 Å². The van der Waals surface area contributed by atoms with Crippen LogP contribution in [0.3, 0.4) is 0 Å². The maximum absolute atomic E-state index is 6.91. The molecule has 264 valence electrons. The second-order valence-corrected chi connectivity index (χ2v) is 15.8. The SMILES string of the molecule is CC1CC=CC=C1n1c2ccccc2c2c(N(c3ccc(-c4ccccc4)cc3)c3ccc4c(c3)C(C)(C)c3ccccc3-4)cc3c4ccccc4oc3c21. The maximum atomic E-state index is 6.91. The van der Waals surface area contributed by atoms with Gasteiger partial charge in [-0.3, -0.25) is 0 Å². The Morgan fingerprint density at radius 2 is 1.33 bits per heavy atom. The maximum Gasteiger partial charge on any atom is 0.160 e. The van der Waals surface area contributed by atoms with Crippen molar-refractivity contribution < 1.29 is 4.42 Å². The minimum absolute atomic E-state index is 0.141. The summed E-state index contributed by atoms with van der Waals surface area (Å²) < 4.78 is 9.40. The minimum Gasteiger partial charge on any atom is -0.454 e. The molecule has 7 aromatic carbocycles. The van der Waals surface area contributed by atoms with Gasteiger partial charge in [0.05, 0.1) is 16.7 Å². The van der Waals surface area contributed by atoms with Gasteiger partial charge in [-0.05, 0) is 88.3 Å². The number of hydrogen-bond acceptors (Lipinski definition) is 2. The molecule has 0 saturated carbocycles. The number of aromatic nitrogens is 1. The molecule has 0 saturated heterocycles. The quantitative estimate of drug-likeness (QED) is 0.177. The molecule has 0 radical (unpaired) electrons. The summed E-state index contributed by atoms with van der Waals surface area (Å²) >= 11 is 0. The number of nitrogens with zero attached hydrogens (tertiary/aromatic N) is 2. The number of rotatable bonds is 5. The third kappa shape index (κ3) is 4.69. The summed E-state index contributed by atoms with van der Waals surface area (Å²) in [4.78, 5) is 2.49. The Balaban J connectivity index is 1.26. The lowest BCUT2D eigenvalue weighted by molar-refractivity contribution is 0.660. The van der Waals surface area contributed by atoms with E-state index in [1.807, 2.05) is 0 Å². The molecule has 55 heavy (non-hydrogen) atoms. The molecule has 1 atom stereocenters. The summed E-state index contributed by atoms with van der Waals surface area (Å²) in [6.07, 6.45) is 7.77. The van der Waals surface area contributed by atoms with Crippen LogP contribution in [0.5, 0.6) is 0 Å². The highest BCUT2D eigenvalue weighted by molar-refractivity contribution is 6.27. The zero-order chi connectivity index (χ0) is 36.8. The summed E-state index contributed by atoms with van der Waals surface area (Å²) in [5, 5.41) is 4.62. The molecule has 0 N–H and O–H groups in total. The number of para-hydroxylation sites is 2. The van der Waals surface area contributed by atoms with Gasteiger partial charge in [0.1, 0.15) is 5.58 Å². The smallest absolute Gasteiger partial charge is 0.160 e. The van der Waals surface area contributed by atoms with Crippen LogP contribution in [0.2, 0.25) is 0 Å². The Bertz CT molecular complexity index is 3050. The molecule has 2 heterocycles. The third-order valence-corrected chi connectivity index (χ3v) is 12.2. The van der Waals surface area contributed by atoms with Gasteiger partial charge >= 0.3 is 0 Å². The Labute approximate surface area is 321 Å². The standard InChI is InChI=1S/C52H40N2O/c1-33-15-7-12-22-45(33)54-46-23-13-9-20-41(46)49-47(32-42-40-19-10-14-24-48(40)55-51(42)50(49)54)53(36-27-25-35(26-28-36)34-16-5-4-6-17-34)37-29-30-39-38-18-8-11-21-43(38)52(2,3)44(39)31-37/h4-14,16-33H,15H2,1-3H3. The molecule has 0 aliphatic heterocycles. The fourth-order valence-electron chi connectivity index (χ4n) is 9.47. The normalized spacial score (nSPS) is 15.8. The van der Waals surface area contributed by atoms with Crippen molar-refractivity contribution in [3.63, 3.8) is 0 Å². The number of benzene rings is 7. The van der Waals surface area contributed by atoms with Crippen LogP contribution in [0, 0.1) is 5.92 Å². The van der Waals surface area contributed by atoms with Gasteiger partial charge in [-0.2, -0.15) is 0 Å². The van der Waals surface area contributed by atoms with Gasteiger partial charge in [-0.25, -0.2) is 0 Å². The van der Waals surface area contributed by atoms with Gasteiger partial charge in [0.2, 0.25) is 0 Å². The summed E-state index contributed by atoms with van der Waals surface area (Å²) in [6.45, 7) is 7.06. The Morgan fingerprint density at radius 1 is 0.636 bits per heavy atom. The number of hydrogen-bond donors (Lipinski definition) is 0. The van der Waals surface area contributed by atoms with Crippen LogP contribution < -0.4 is 4.90 Å². The van der Waals surface area contributed by atoms with E-state index in [0.717, 1.165) is 50.9 Å². The van der Waals surface area contributed by atoms with Gasteiger partial charge in [0.15, 0.2) is 5.58 Å². The van der Waals surface area contributed by atoms with Crippen molar-refractivity contribution in [2.24, 2.45) is 5.92 Å². The number of allylic oxidation sites excluding steroid dienone is 4. The van der Waals surface area contributed by atoms with Crippen molar-refractivity contribution in [3.05, 3.63) is 181 Å². The summed E-state index contributed by atoms with van der Waals surface area (Å²) in [5.41, 5.74) is 16.4. The first-order chi connectivity index (χ1) is 27.0. The van der Waals surface area contributed by atoms with E-state index in [1.165, 1.54) is 55.4 Å². The molecule has 1 unspecified atom stereocenters. The van der Waals surface area contributed by atoms with Crippen molar-refractivity contribution in [2.75, 3.05) is 4.90 Å². The second kappa shape index (κ2) is 12.0. The van der Waals surface area contributed by atoms with E-state index in [0.29, 0.717) is 5.92 Å². The molecule has 11 rings (SSSR count). The lowest BCUT2D eigenvalue weighted by Gasteiger charge is -2.29. The Hall–Kier alpha value is -6.58. The molecule has 2 aliphatic rings. The van der Waals surface area contributed by atoms with Crippen LogP contribution in [0.15, 0.2) is 174 Å². The third-order valence-electron chi connectivity index (χ3n) is 12.2. The van der Waals surface area contributed by atoms with E-state index in [2.05, 4.69) is 200 Å². The molecule has 3 heteroatoms. The van der Waals surface area contributed by atoms with Crippen molar-refractivity contribution >= 4 is 66.5 Å². The molecular weight excluding hydrogens is 669 g/mol. The summed E-state index contributed by atoms with van der Waals surface area (Å²) in [5.74, 6) is 0.342. The first kappa shape index (κ1) is 31.9. The predicted molar refractivity (Wildman–Crippen MR) is 232 cm³/mol. The van der Waals surface area contributed by atoms with E-state index in [-0.39, 0.29) is 5.41 Å². The fourth-order valence-corrected chi connectivity index (χ4v) is 9.47. The Morgan fingerprint density at radius 3 is 2.16 bits per heavy atom. The van der Waals surface area contributed by atoms with Gasteiger partial charge in [-0.1, -0.05) is 142 Å². The number of anilines is 3. The summed E-state index contributed by atoms with van der Waals surface area (Å²) in [7, 11) is 0. The highest BCUT2D eigenvalue weighted by Gasteiger charge is 2.36. The summed E-state index contributed by atoms with van der Waals surface area (Å²) in [6, 6.07) is 55.5. The highest BCUT2D eigenvalue weighted by Crippen LogP contribution is 2.53. The minimum atomic E-state index is -0.141. The first-order valence-corrected chi connectivity index (χ1v) is 19.4.